The summed E-state index contributed by atoms with van der Waals surface area (Å²) in [5, 5.41) is 1.15. The number of hydrogen-bond acceptors (Lipinski definition) is 6. The number of thioether (sulfide) groups is 1. The Kier molecular flexibility index (Phi) is 7.72. The summed E-state index contributed by atoms with van der Waals surface area (Å²) in [6.07, 6.45) is 0.804. The van der Waals surface area contributed by atoms with Crippen molar-refractivity contribution in [2.75, 3.05) is 32.8 Å². The number of halogens is 2. The number of fused-ring (bicyclic) bond motifs is 1. The number of para-hydroxylation sites is 2. The highest BCUT2D eigenvalue weighted by atomic mass is 32.2. The van der Waals surface area contributed by atoms with E-state index in [2.05, 4.69) is 9.64 Å². The summed E-state index contributed by atoms with van der Waals surface area (Å²) in [6, 6.07) is 14.0. The van der Waals surface area contributed by atoms with Crippen LogP contribution in [0, 0.1) is 0 Å². The second kappa shape index (κ2) is 10.9. The van der Waals surface area contributed by atoms with Gasteiger partial charge in [-0.2, -0.15) is 8.78 Å². The summed E-state index contributed by atoms with van der Waals surface area (Å²) >= 11 is 1.35. The van der Waals surface area contributed by atoms with Crippen LogP contribution in [-0.4, -0.2) is 53.9 Å². The SMILES string of the molecule is O=c1c2ccccc2nc(SCc2ccccc2OC(F)F)n1CCCN1CCOCC1. The lowest BCUT2D eigenvalue weighted by molar-refractivity contribution is -0.0503. The molecule has 1 fully saturated rings. The Balaban J connectivity index is 1.55. The lowest BCUT2D eigenvalue weighted by atomic mass is 10.2. The van der Waals surface area contributed by atoms with Crippen LogP contribution in [0.2, 0.25) is 0 Å². The lowest BCUT2D eigenvalue weighted by Gasteiger charge is -2.26. The predicted octanol–water partition coefficient (Wildman–Crippen LogP) is 4.01. The van der Waals surface area contributed by atoms with Crippen molar-refractivity contribution in [2.45, 2.75) is 30.5 Å². The maximum atomic E-state index is 13.2. The molecule has 0 aliphatic carbocycles. The minimum Gasteiger partial charge on any atom is -0.435 e. The molecule has 1 saturated heterocycles. The van der Waals surface area contributed by atoms with Crippen molar-refractivity contribution in [1.82, 2.24) is 14.5 Å². The number of benzene rings is 2. The van der Waals surface area contributed by atoms with Crippen molar-refractivity contribution in [1.29, 1.82) is 0 Å². The van der Waals surface area contributed by atoms with Gasteiger partial charge >= 0.3 is 6.61 Å². The summed E-state index contributed by atoms with van der Waals surface area (Å²) in [4.78, 5) is 20.2. The zero-order chi connectivity index (χ0) is 22.3. The topological polar surface area (TPSA) is 56.6 Å². The fourth-order valence-corrected chi connectivity index (χ4v) is 4.72. The predicted molar refractivity (Wildman–Crippen MR) is 121 cm³/mol. The van der Waals surface area contributed by atoms with Gasteiger partial charge in [-0.1, -0.05) is 42.1 Å². The molecule has 1 aliphatic rings. The molecule has 0 unspecified atom stereocenters. The highest BCUT2D eigenvalue weighted by Crippen LogP contribution is 2.28. The maximum absolute atomic E-state index is 13.2. The van der Waals surface area contributed by atoms with Gasteiger partial charge in [0.1, 0.15) is 5.75 Å². The molecular formula is C23H25F2N3O3S. The van der Waals surface area contributed by atoms with Gasteiger partial charge in [0.15, 0.2) is 5.16 Å². The molecule has 0 saturated carbocycles. The summed E-state index contributed by atoms with van der Waals surface area (Å²) < 4.78 is 37.2. The van der Waals surface area contributed by atoms with Crippen LogP contribution < -0.4 is 10.3 Å². The smallest absolute Gasteiger partial charge is 0.387 e. The Labute approximate surface area is 189 Å². The number of nitrogens with zero attached hydrogens (tertiary/aromatic N) is 3. The number of aromatic nitrogens is 2. The zero-order valence-corrected chi connectivity index (χ0v) is 18.4. The lowest BCUT2D eigenvalue weighted by Crippen LogP contribution is -2.37. The van der Waals surface area contributed by atoms with Crippen molar-refractivity contribution >= 4 is 22.7 Å². The quantitative estimate of drug-likeness (QED) is 0.355. The molecule has 170 valence electrons. The summed E-state index contributed by atoms with van der Waals surface area (Å²) in [7, 11) is 0. The van der Waals surface area contributed by atoms with E-state index in [-0.39, 0.29) is 11.3 Å². The largest absolute Gasteiger partial charge is 0.435 e. The number of hydrogen-bond donors (Lipinski definition) is 0. The molecule has 0 N–H and O–H groups in total. The van der Waals surface area contributed by atoms with Crippen LogP contribution in [0.3, 0.4) is 0 Å². The Morgan fingerprint density at radius 3 is 2.62 bits per heavy atom. The zero-order valence-electron chi connectivity index (χ0n) is 17.6. The molecule has 9 heteroatoms. The second-order valence-corrected chi connectivity index (χ2v) is 8.39. The number of rotatable bonds is 9. The number of alkyl halides is 2. The van der Waals surface area contributed by atoms with Gasteiger partial charge in [0, 0.05) is 37.5 Å². The van der Waals surface area contributed by atoms with Crippen LogP contribution in [0.1, 0.15) is 12.0 Å². The van der Waals surface area contributed by atoms with E-state index in [1.165, 1.54) is 17.8 Å². The van der Waals surface area contributed by atoms with Gasteiger partial charge in [0.25, 0.3) is 5.56 Å². The van der Waals surface area contributed by atoms with Gasteiger partial charge in [-0.25, -0.2) is 4.98 Å². The van der Waals surface area contributed by atoms with E-state index in [0.717, 1.165) is 39.3 Å². The fourth-order valence-electron chi connectivity index (χ4n) is 3.71. The van der Waals surface area contributed by atoms with Gasteiger partial charge < -0.3 is 9.47 Å². The summed E-state index contributed by atoms with van der Waals surface area (Å²) in [6.45, 7) is 1.78. The first-order valence-electron chi connectivity index (χ1n) is 10.6. The molecule has 32 heavy (non-hydrogen) atoms. The minimum atomic E-state index is -2.89. The Hall–Kier alpha value is -2.49. The first-order chi connectivity index (χ1) is 15.6. The van der Waals surface area contributed by atoms with Crippen LogP contribution in [0.25, 0.3) is 10.9 Å². The van der Waals surface area contributed by atoms with Gasteiger partial charge in [-0.05, 0) is 24.6 Å². The van der Waals surface area contributed by atoms with Crippen molar-refractivity contribution in [2.24, 2.45) is 0 Å². The van der Waals surface area contributed by atoms with Crippen LogP contribution >= 0.6 is 11.8 Å². The molecule has 1 aliphatic heterocycles. The van der Waals surface area contributed by atoms with E-state index in [0.29, 0.717) is 33.9 Å². The van der Waals surface area contributed by atoms with Crippen LogP contribution in [0.15, 0.2) is 58.5 Å². The molecular weight excluding hydrogens is 436 g/mol. The van der Waals surface area contributed by atoms with E-state index in [9.17, 15) is 13.6 Å². The van der Waals surface area contributed by atoms with Gasteiger partial charge in [-0.3, -0.25) is 14.3 Å². The number of ether oxygens (including phenoxy) is 2. The van der Waals surface area contributed by atoms with E-state index < -0.39 is 6.61 Å². The third kappa shape index (κ3) is 5.65. The van der Waals surface area contributed by atoms with Crippen LogP contribution in [0.5, 0.6) is 5.75 Å². The summed E-state index contributed by atoms with van der Waals surface area (Å²) in [5.41, 5.74) is 1.17. The average Bonchev–Trinajstić information content (AvgIpc) is 2.80. The Morgan fingerprint density at radius 1 is 1.06 bits per heavy atom. The molecule has 4 rings (SSSR count). The molecule has 6 nitrogen and oxygen atoms in total. The molecule has 0 amide bonds. The van der Waals surface area contributed by atoms with Gasteiger partial charge in [0.05, 0.1) is 24.1 Å². The molecule has 1 aromatic heterocycles. The Bertz CT molecular complexity index is 1100. The van der Waals surface area contributed by atoms with E-state index in [1.807, 2.05) is 18.2 Å². The molecule has 0 radical (unpaired) electrons. The molecule has 0 atom stereocenters. The molecule has 2 heterocycles. The third-order valence-electron chi connectivity index (χ3n) is 5.33. The molecule has 3 aromatic rings. The first kappa shape index (κ1) is 22.7. The van der Waals surface area contributed by atoms with Crippen LogP contribution in [0.4, 0.5) is 8.78 Å². The van der Waals surface area contributed by atoms with Gasteiger partial charge in [-0.15, -0.1) is 0 Å². The monoisotopic (exact) mass is 461 g/mol. The first-order valence-corrected chi connectivity index (χ1v) is 11.6. The summed E-state index contributed by atoms with van der Waals surface area (Å²) in [5.74, 6) is 0.494. The highest BCUT2D eigenvalue weighted by Gasteiger charge is 2.15. The maximum Gasteiger partial charge on any atom is 0.387 e. The van der Waals surface area contributed by atoms with Gasteiger partial charge in [0.2, 0.25) is 0 Å². The second-order valence-electron chi connectivity index (χ2n) is 7.45. The minimum absolute atomic E-state index is 0.0859. The van der Waals surface area contributed by atoms with E-state index >= 15 is 0 Å². The van der Waals surface area contributed by atoms with E-state index in [4.69, 9.17) is 9.72 Å². The van der Waals surface area contributed by atoms with Crippen molar-refractivity contribution in [3.05, 3.63) is 64.4 Å². The van der Waals surface area contributed by atoms with E-state index in [1.54, 1.807) is 28.8 Å². The van der Waals surface area contributed by atoms with Crippen molar-refractivity contribution in [3.8, 4) is 5.75 Å². The fraction of sp³-hybridized carbons (Fsp3) is 0.391. The average molecular weight is 462 g/mol. The third-order valence-corrected chi connectivity index (χ3v) is 6.36. The molecule has 0 spiro atoms. The van der Waals surface area contributed by atoms with Crippen LogP contribution in [-0.2, 0) is 17.0 Å². The molecule has 2 aromatic carbocycles. The number of morpholine rings is 1. The van der Waals surface area contributed by atoms with Crippen molar-refractivity contribution < 1.29 is 18.3 Å². The highest BCUT2D eigenvalue weighted by molar-refractivity contribution is 7.98. The standard InChI is InChI=1S/C23H25F2N3O3S/c24-22(25)31-20-9-4-1-6-17(20)16-32-23-26-19-8-3-2-7-18(19)21(29)28(23)11-5-10-27-12-14-30-15-13-27/h1-4,6-9,22H,5,10-16H2. The molecule has 0 bridgehead atoms. The van der Waals surface area contributed by atoms with Crippen molar-refractivity contribution in [3.63, 3.8) is 0 Å². The Morgan fingerprint density at radius 2 is 1.81 bits per heavy atom. The normalized spacial score (nSPS) is 14.8.